The molecule has 0 aliphatic carbocycles. The van der Waals surface area contributed by atoms with Gasteiger partial charge in [0.15, 0.2) is 6.10 Å². The van der Waals surface area contributed by atoms with Crippen molar-refractivity contribution >= 4 is 17.9 Å². The van der Waals surface area contributed by atoms with E-state index >= 15 is 0 Å². The number of ether oxygens (including phenoxy) is 3. The molecule has 0 N–H and O–H groups in total. The molecule has 6 heteroatoms. The first-order valence-electron chi connectivity index (χ1n) is 28.3. The van der Waals surface area contributed by atoms with Crippen molar-refractivity contribution < 1.29 is 28.6 Å². The topological polar surface area (TPSA) is 78.9 Å². The van der Waals surface area contributed by atoms with Gasteiger partial charge < -0.3 is 14.2 Å². The highest BCUT2D eigenvalue weighted by molar-refractivity contribution is 5.71. The second-order valence-electron chi connectivity index (χ2n) is 18.0. The first-order valence-corrected chi connectivity index (χ1v) is 28.3. The number of unbranched alkanes of at least 4 members (excludes halogenated alkanes) is 17. The Balaban J connectivity index is 4.66. The van der Waals surface area contributed by atoms with Crippen LogP contribution < -0.4 is 0 Å². The zero-order valence-corrected chi connectivity index (χ0v) is 45.6. The summed E-state index contributed by atoms with van der Waals surface area (Å²) in [6.07, 6.45) is 86.2. The number of carbonyl (C=O) groups is 3. The van der Waals surface area contributed by atoms with Crippen molar-refractivity contribution in [3.8, 4) is 0 Å². The average molecular weight is 990 g/mol. The van der Waals surface area contributed by atoms with Gasteiger partial charge in [0.05, 0.1) is 0 Å². The maximum atomic E-state index is 12.9. The van der Waals surface area contributed by atoms with E-state index in [1.165, 1.54) is 57.8 Å². The highest BCUT2D eigenvalue weighted by Gasteiger charge is 2.19. The van der Waals surface area contributed by atoms with Gasteiger partial charge in [0.25, 0.3) is 0 Å². The van der Waals surface area contributed by atoms with Crippen LogP contribution in [0.3, 0.4) is 0 Å². The number of hydrogen-bond donors (Lipinski definition) is 0. The molecule has 0 amide bonds. The molecule has 0 heterocycles. The fourth-order valence-electron chi connectivity index (χ4n) is 6.95. The largest absolute Gasteiger partial charge is 0.462 e. The number of esters is 3. The van der Waals surface area contributed by atoms with Crippen molar-refractivity contribution in [3.05, 3.63) is 170 Å². The van der Waals surface area contributed by atoms with Crippen LogP contribution in [0.2, 0.25) is 0 Å². The van der Waals surface area contributed by atoms with Gasteiger partial charge in [0.1, 0.15) is 13.2 Å². The number of allylic oxidation sites excluding steroid dienone is 28. The lowest BCUT2D eigenvalue weighted by atomic mass is 10.1. The molecule has 0 radical (unpaired) electrons. The van der Waals surface area contributed by atoms with Crippen LogP contribution in [0.1, 0.15) is 207 Å². The summed E-state index contributed by atoms with van der Waals surface area (Å²) in [6, 6.07) is 0. The van der Waals surface area contributed by atoms with E-state index < -0.39 is 6.10 Å². The highest BCUT2D eigenvalue weighted by Crippen LogP contribution is 2.12. The Morgan fingerprint density at radius 3 is 1.07 bits per heavy atom. The predicted molar refractivity (Wildman–Crippen MR) is 311 cm³/mol. The highest BCUT2D eigenvalue weighted by atomic mass is 16.6. The second kappa shape index (κ2) is 58.3. The van der Waals surface area contributed by atoms with Gasteiger partial charge in [-0.25, -0.2) is 0 Å². The quantitative estimate of drug-likeness (QED) is 0.0199. The van der Waals surface area contributed by atoms with Crippen LogP contribution in [0.15, 0.2) is 170 Å². The van der Waals surface area contributed by atoms with E-state index in [2.05, 4.69) is 118 Å². The number of hydrogen-bond acceptors (Lipinski definition) is 6. The van der Waals surface area contributed by atoms with Crippen LogP contribution in [-0.4, -0.2) is 37.2 Å². The molecule has 0 aromatic carbocycles. The Hall–Kier alpha value is -5.23. The van der Waals surface area contributed by atoms with Gasteiger partial charge in [-0.05, 0) is 103 Å². The van der Waals surface area contributed by atoms with E-state index in [1.54, 1.807) is 0 Å². The molecule has 1 atom stereocenters. The summed E-state index contributed by atoms with van der Waals surface area (Å²) >= 11 is 0. The van der Waals surface area contributed by atoms with Gasteiger partial charge in [-0.3, -0.25) is 14.4 Å². The standard InChI is InChI=1S/C66H100O6/c1-4-7-10-13-16-19-22-25-28-31-33-36-38-41-44-47-50-53-56-59-65(68)71-62-63(61-70-64(67)58-55-52-49-46-43-40-37-34-30-27-24-21-18-15-12-9-6-3)72-66(69)60-57-54-51-48-45-42-39-35-32-29-26-23-20-17-14-11-8-5-2/h7,10,13,16,18-19,21-23,25-33,35-41,44,46,49,63H,4-6,8-9,11-12,14-15,17,20,24,34,42-43,45,47-48,50-62H2,1-3H3/b10-7-,16-13-,21-18-,22-19-,26-23-,28-25-,30-27-,32-29-,33-31+,38-36-,39-35-,40-37-,44-41-,49-46-. The first-order chi connectivity index (χ1) is 35.5. The molecule has 0 saturated heterocycles. The zero-order chi connectivity index (χ0) is 52.2. The Bertz CT molecular complexity index is 1700. The van der Waals surface area contributed by atoms with Crippen molar-refractivity contribution in [2.45, 2.75) is 213 Å². The molecule has 0 aliphatic heterocycles. The van der Waals surface area contributed by atoms with E-state index in [0.29, 0.717) is 12.8 Å². The molecule has 72 heavy (non-hydrogen) atoms. The van der Waals surface area contributed by atoms with Gasteiger partial charge in [-0.2, -0.15) is 0 Å². The van der Waals surface area contributed by atoms with Crippen molar-refractivity contribution in [3.63, 3.8) is 0 Å². The minimum atomic E-state index is -0.841. The number of rotatable bonds is 48. The minimum absolute atomic E-state index is 0.136. The minimum Gasteiger partial charge on any atom is -0.462 e. The van der Waals surface area contributed by atoms with Gasteiger partial charge in [-0.1, -0.05) is 255 Å². The normalized spacial score (nSPS) is 13.4. The molecule has 0 spiro atoms. The van der Waals surface area contributed by atoms with Crippen LogP contribution in [0.25, 0.3) is 0 Å². The lowest BCUT2D eigenvalue weighted by molar-refractivity contribution is -0.167. The summed E-state index contributed by atoms with van der Waals surface area (Å²) in [7, 11) is 0. The number of carbonyl (C=O) groups excluding carboxylic acids is 3. The van der Waals surface area contributed by atoms with E-state index in [-0.39, 0.29) is 50.4 Å². The Labute approximate surface area is 441 Å². The van der Waals surface area contributed by atoms with Crippen molar-refractivity contribution in [2.24, 2.45) is 0 Å². The van der Waals surface area contributed by atoms with Crippen molar-refractivity contribution in [1.82, 2.24) is 0 Å². The summed E-state index contributed by atoms with van der Waals surface area (Å²) in [4.78, 5) is 38.1. The summed E-state index contributed by atoms with van der Waals surface area (Å²) in [5.74, 6) is -1.07. The summed E-state index contributed by atoms with van der Waals surface area (Å²) in [5, 5.41) is 0. The molecule has 1 unspecified atom stereocenters. The van der Waals surface area contributed by atoms with Crippen LogP contribution in [0, 0.1) is 0 Å². The zero-order valence-electron chi connectivity index (χ0n) is 45.6. The van der Waals surface area contributed by atoms with E-state index in [0.717, 1.165) is 96.3 Å². The lowest BCUT2D eigenvalue weighted by Crippen LogP contribution is -2.30. The van der Waals surface area contributed by atoms with Gasteiger partial charge in [0, 0.05) is 19.3 Å². The Kier molecular flexibility index (Phi) is 54.1. The van der Waals surface area contributed by atoms with Crippen LogP contribution in [0.5, 0.6) is 0 Å². The van der Waals surface area contributed by atoms with Crippen LogP contribution >= 0.6 is 0 Å². The maximum Gasteiger partial charge on any atom is 0.306 e. The molecular weight excluding hydrogens is 889 g/mol. The van der Waals surface area contributed by atoms with Gasteiger partial charge in [-0.15, -0.1) is 0 Å². The first kappa shape index (κ1) is 66.8. The fourth-order valence-corrected chi connectivity index (χ4v) is 6.95. The molecule has 400 valence electrons. The summed E-state index contributed by atoms with van der Waals surface area (Å²) in [6.45, 7) is 6.32. The Morgan fingerprint density at radius 1 is 0.306 bits per heavy atom. The van der Waals surface area contributed by atoms with Crippen LogP contribution in [-0.2, 0) is 28.6 Å². The van der Waals surface area contributed by atoms with Crippen molar-refractivity contribution in [1.29, 1.82) is 0 Å². The van der Waals surface area contributed by atoms with Crippen LogP contribution in [0.4, 0.5) is 0 Å². The molecule has 0 saturated carbocycles. The van der Waals surface area contributed by atoms with E-state index in [9.17, 15) is 14.4 Å². The van der Waals surface area contributed by atoms with Crippen molar-refractivity contribution in [2.75, 3.05) is 13.2 Å². The average Bonchev–Trinajstić information content (AvgIpc) is 3.38. The molecule has 0 rings (SSSR count). The fraction of sp³-hybridized carbons (Fsp3) is 0.530. The van der Waals surface area contributed by atoms with E-state index in [1.807, 2.05) is 72.9 Å². The SMILES string of the molecule is CC\C=C/C=C\C=C/C=C\C=C\C=C/C=C\CCCCCC(=O)OCC(COC(=O)CCC/C=C\C/C=C\C/C=C\C/C=C\CCCCC)OC(=O)CCCCCCC\C=C/C=C\C=C/CCCCCCC. The maximum absolute atomic E-state index is 12.9. The third-order valence-electron chi connectivity index (χ3n) is 11.2. The molecule has 0 bridgehead atoms. The smallest absolute Gasteiger partial charge is 0.306 e. The molecule has 0 aromatic rings. The van der Waals surface area contributed by atoms with Gasteiger partial charge in [0.2, 0.25) is 0 Å². The van der Waals surface area contributed by atoms with E-state index in [4.69, 9.17) is 14.2 Å². The third-order valence-corrected chi connectivity index (χ3v) is 11.2. The third kappa shape index (κ3) is 55.7. The molecule has 6 nitrogen and oxygen atoms in total. The molecular formula is C66H100O6. The monoisotopic (exact) mass is 989 g/mol. The Morgan fingerprint density at radius 2 is 0.611 bits per heavy atom. The second-order valence-corrected chi connectivity index (χ2v) is 18.0. The summed E-state index contributed by atoms with van der Waals surface area (Å²) < 4.78 is 16.8. The molecule has 0 aromatic heterocycles. The molecule has 0 fully saturated rings. The molecule has 0 aliphatic rings. The lowest BCUT2D eigenvalue weighted by Gasteiger charge is -2.18. The predicted octanol–water partition coefficient (Wildman–Crippen LogP) is 19.1. The van der Waals surface area contributed by atoms with Gasteiger partial charge >= 0.3 is 17.9 Å². The summed E-state index contributed by atoms with van der Waals surface area (Å²) in [5.41, 5.74) is 0.